The molecule has 21 heavy (non-hydrogen) atoms. The molecule has 0 radical (unpaired) electrons. The summed E-state index contributed by atoms with van der Waals surface area (Å²) in [5.74, 6) is 0.0433. The summed E-state index contributed by atoms with van der Waals surface area (Å²) >= 11 is 0. The molecule has 0 unspecified atom stereocenters. The van der Waals surface area contributed by atoms with Crippen molar-refractivity contribution >= 4 is 35.4 Å². The first-order valence-corrected chi connectivity index (χ1v) is 10.7. The molecule has 0 aliphatic carbocycles. The molecule has 0 aliphatic rings. The minimum atomic E-state index is -3.84. The van der Waals surface area contributed by atoms with Crippen molar-refractivity contribution in [2.75, 3.05) is 10.5 Å². The van der Waals surface area contributed by atoms with Crippen LogP contribution < -0.4 is 4.72 Å². The number of hydrogen-bond acceptors (Lipinski definition) is 4. The van der Waals surface area contributed by atoms with Crippen molar-refractivity contribution in [2.45, 2.75) is 44.9 Å². The first kappa shape index (κ1) is 18.3. The lowest BCUT2D eigenvalue weighted by atomic mass is 10.1. The van der Waals surface area contributed by atoms with E-state index in [1.807, 2.05) is 13.8 Å². The molecule has 1 N–H and O–H groups in total. The molecule has 1 aromatic rings. The third-order valence-corrected chi connectivity index (χ3v) is 5.75. The Morgan fingerprint density at radius 2 is 1.76 bits per heavy atom. The Balaban J connectivity index is 3.26. The fraction of sp³-hybridized carbons (Fsp3) is 0.538. The van der Waals surface area contributed by atoms with Crippen LogP contribution in [0.25, 0.3) is 0 Å². The van der Waals surface area contributed by atoms with Gasteiger partial charge in [0.2, 0.25) is 10.0 Å². The van der Waals surface area contributed by atoms with Crippen LogP contribution in [-0.4, -0.2) is 22.6 Å². The average molecular weight is 354 g/mol. The third kappa shape index (κ3) is 5.16. The van der Waals surface area contributed by atoms with Crippen LogP contribution in [0.4, 0.5) is 5.69 Å². The van der Waals surface area contributed by atoms with Crippen LogP contribution in [0.1, 0.15) is 37.8 Å². The lowest BCUT2D eigenvalue weighted by Gasteiger charge is -2.15. The number of rotatable bonds is 7. The summed E-state index contributed by atoms with van der Waals surface area (Å²) in [6.45, 7) is 5.39. The number of aryl methyl sites for hydroxylation is 2. The molecule has 0 saturated heterocycles. The first-order chi connectivity index (χ1) is 9.60. The summed E-state index contributed by atoms with van der Waals surface area (Å²) < 4.78 is 49.4. The van der Waals surface area contributed by atoms with Crippen LogP contribution >= 0.6 is 10.7 Å². The summed E-state index contributed by atoms with van der Waals surface area (Å²) in [6.07, 6.45) is 1.85. The monoisotopic (exact) mass is 353 g/mol. The minimum Gasteiger partial charge on any atom is -0.283 e. The van der Waals surface area contributed by atoms with Gasteiger partial charge in [0.05, 0.1) is 16.3 Å². The number of nitrogens with one attached hydrogen (secondary N) is 1. The standard InChI is InChI=1S/C13H20ClNO4S2/c1-4-6-7-20(16,17)15-13-10(3)8-12(21(14,18)19)9-11(13)5-2/h8-9,15H,4-7H2,1-3H3. The van der Waals surface area contributed by atoms with E-state index in [2.05, 4.69) is 4.72 Å². The Morgan fingerprint density at radius 1 is 1.14 bits per heavy atom. The molecular formula is C13H20ClNO4S2. The lowest BCUT2D eigenvalue weighted by molar-refractivity contribution is 0.597. The summed E-state index contributed by atoms with van der Waals surface area (Å²) in [5.41, 5.74) is 1.58. The van der Waals surface area contributed by atoms with E-state index in [1.165, 1.54) is 12.1 Å². The molecule has 0 aromatic heterocycles. The fourth-order valence-electron chi connectivity index (χ4n) is 1.93. The Kier molecular flexibility index (Phi) is 6.07. The highest BCUT2D eigenvalue weighted by Gasteiger charge is 2.18. The SMILES string of the molecule is CCCCS(=O)(=O)Nc1c(C)cc(S(=O)(=O)Cl)cc1CC. The highest BCUT2D eigenvalue weighted by Crippen LogP contribution is 2.28. The molecule has 0 heterocycles. The van der Waals surface area contributed by atoms with E-state index >= 15 is 0 Å². The van der Waals surface area contributed by atoms with E-state index in [0.29, 0.717) is 29.7 Å². The van der Waals surface area contributed by atoms with Crippen molar-refractivity contribution in [1.29, 1.82) is 0 Å². The van der Waals surface area contributed by atoms with E-state index in [9.17, 15) is 16.8 Å². The van der Waals surface area contributed by atoms with E-state index in [4.69, 9.17) is 10.7 Å². The second kappa shape index (κ2) is 6.98. The molecule has 0 aliphatic heterocycles. The quantitative estimate of drug-likeness (QED) is 0.764. The number of unbranched alkanes of at least 4 members (excludes halogenated alkanes) is 1. The van der Waals surface area contributed by atoms with Gasteiger partial charge in [-0.15, -0.1) is 0 Å². The normalized spacial score (nSPS) is 12.4. The van der Waals surface area contributed by atoms with Gasteiger partial charge in [0.1, 0.15) is 0 Å². The largest absolute Gasteiger partial charge is 0.283 e. The van der Waals surface area contributed by atoms with Crippen molar-refractivity contribution in [3.8, 4) is 0 Å². The highest BCUT2D eigenvalue weighted by atomic mass is 35.7. The zero-order valence-corrected chi connectivity index (χ0v) is 14.7. The van der Waals surface area contributed by atoms with Gasteiger partial charge < -0.3 is 0 Å². The predicted octanol–water partition coefficient (Wildman–Crippen LogP) is 3.03. The number of halogens is 1. The second-order valence-electron chi connectivity index (χ2n) is 4.84. The fourth-order valence-corrected chi connectivity index (χ4v) is 4.17. The smallest absolute Gasteiger partial charge is 0.261 e. The second-order valence-corrected chi connectivity index (χ2v) is 9.25. The van der Waals surface area contributed by atoms with Crippen LogP contribution in [0.5, 0.6) is 0 Å². The Labute approximate surface area is 131 Å². The molecule has 0 spiro atoms. The minimum absolute atomic E-state index is 0.0185. The van der Waals surface area contributed by atoms with Gasteiger partial charge >= 0.3 is 0 Å². The van der Waals surface area contributed by atoms with Gasteiger partial charge in [-0.05, 0) is 43.0 Å². The maximum Gasteiger partial charge on any atom is 0.261 e. The van der Waals surface area contributed by atoms with Gasteiger partial charge in [0.25, 0.3) is 9.05 Å². The van der Waals surface area contributed by atoms with Crippen LogP contribution in [0.15, 0.2) is 17.0 Å². The van der Waals surface area contributed by atoms with Crippen LogP contribution in [0.3, 0.4) is 0 Å². The van der Waals surface area contributed by atoms with Crippen molar-refractivity contribution in [3.05, 3.63) is 23.3 Å². The zero-order chi connectivity index (χ0) is 16.3. The van der Waals surface area contributed by atoms with Gasteiger partial charge in [-0.2, -0.15) is 0 Å². The van der Waals surface area contributed by atoms with Gasteiger partial charge in [-0.25, -0.2) is 16.8 Å². The molecule has 5 nitrogen and oxygen atoms in total. The predicted molar refractivity (Wildman–Crippen MR) is 85.9 cm³/mol. The zero-order valence-electron chi connectivity index (χ0n) is 12.3. The van der Waals surface area contributed by atoms with Crippen LogP contribution in [0.2, 0.25) is 0 Å². The third-order valence-electron chi connectivity index (χ3n) is 3.08. The van der Waals surface area contributed by atoms with Gasteiger partial charge in [-0.3, -0.25) is 4.72 Å². The van der Waals surface area contributed by atoms with E-state index in [0.717, 1.165) is 6.42 Å². The molecule has 0 amide bonds. The van der Waals surface area contributed by atoms with Crippen molar-refractivity contribution in [1.82, 2.24) is 0 Å². The Bertz CT molecular complexity index is 712. The van der Waals surface area contributed by atoms with Gasteiger partial charge in [0, 0.05) is 10.7 Å². The Morgan fingerprint density at radius 3 is 2.24 bits per heavy atom. The van der Waals surface area contributed by atoms with E-state index in [1.54, 1.807) is 6.92 Å². The maximum absolute atomic E-state index is 12.0. The molecule has 8 heteroatoms. The Hall–Kier alpha value is -0.790. The number of anilines is 1. The number of sulfonamides is 1. The molecule has 120 valence electrons. The number of benzene rings is 1. The summed E-state index contributed by atoms with van der Waals surface area (Å²) in [4.78, 5) is -0.0185. The van der Waals surface area contributed by atoms with Crippen molar-refractivity contribution in [3.63, 3.8) is 0 Å². The average Bonchev–Trinajstić information content (AvgIpc) is 2.37. The first-order valence-electron chi connectivity index (χ1n) is 6.69. The maximum atomic E-state index is 12.0. The van der Waals surface area contributed by atoms with Crippen molar-refractivity contribution < 1.29 is 16.8 Å². The van der Waals surface area contributed by atoms with E-state index < -0.39 is 19.1 Å². The molecule has 1 rings (SSSR count). The molecule has 0 fully saturated rings. The topological polar surface area (TPSA) is 80.3 Å². The highest BCUT2D eigenvalue weighted by molar-refractivity contribution is 8.13. The molecule has 0 saturated carbocycles. The number of hydrogen-bond donors (Lipinski definition) is 1. The summed E-state index contributed by atoms with van der Waals surface area (Å²) in [6, 6.07) is 2.78. The van der Waals surface area contributed by atoms with Crippen LogP contribution in [0, 0.1) is 6.92 Å². The molecule has 0 bridgehead atoms. The molecule has 1 aromatic carbocycles. The lowest BCUT2D eigenvalue weighted by Crippen LogP contribution is -2.18. The van der Waals surface area contributed by atoms with Gasteiger partial charge in [0.15, 0.2) is 0 Å². The van der Waals surface area contributed by atoms with Crippen LogP contribution in [-0.2, 0) is 25.5 Å². The molecular weight excluding hydrogens is 334 g/mol. The van der Waals surface area contributed by atoms with Crippen molar-refractivity contribution in [2.24, 2.45) is 0 Å². The van der Waals surface area contributed by atoms with E-state index in [-0.39, 0.29) is 10.6 Å². The summed E-state index contributed by atoms with van der Waals surface area (Å²) in [7, 11) is -1.92. The summed E-state index contributed by atoms with van der Waals surface area (Å²) in [5, 5.41) is 0. The van der Waals surface area contributed by atoms with Gasteiger partial charge in [-0.1, -0.05) is 20.3 Å². The molecule has 0 atom stereocenters.